The minimum atomic E-state index is -0.358. The van der Waals surface area contributed by atoms with Crippen molar-refractivity contribution >= 4 is 23.4 Å². The zero-order valence-corrected chi connectivity index (χ0v) is 17.7. The summed E-state index contributed by atoms with van der Waals surface area (Å²) in [6.45, 7) is 11.3. The van der Waals surface area contributed by atoms with E-state index in [1.165, 1.54) is 6.21 Å². The molecule has 5 heteroatoms. The number of anilines is 1. The van der Waals surface area contributed by atoms with Crippen LogP contribution in [0.3, 0.4) is 0 Å². The van der Waals surface area contributed by atoms with E-state index in [0.29, 0.717) is 11.1 Å². The molecular formula is C24H28FN3O. The molecule has 1 aliphatic heterocycles. The van der Waals surface area contributed by atoms with Gasteiger partial charge in [-0.3, -0.25) is 4.79 Å². The summed E-state index contributed by atoms with van der Waals surface area (Å²) in [5.74, 6) is -0.685. The van der Waals surface area contributed by atoms with Crippen molar-refractivity contribution in [2.24, 2.45) is 5.10 Å². The SMILES string of the molecule is CCCN1c2cc(F)c(/C=N\NC(=O)c3ccc(C)cc3)cc2C(C)=CC1(C)C. The topological polar surface area (TPSA) is 44.7 Å². The van der Waals surface area contributed by atoms with Crippen LogP contribution in [0.2, 0.25) is 0 Å². The summed E-state index contributed by atoms with van der Waals surface area (Å²) >= 11 is 0. The van der Waals surface area contributed by atoms with Gasteiger partial charge in [0.1, 0.15) is 5.82 Å². The Hall–Kier alpha value is -2.95. The number of carbonyl (C=O) groups excluding carboxylic acids is 1. The van der Waals surface area contributed by atoms with Crippen LogP contribution in [-0.2, 0) is 0 Å². The van der Waals surface area contributed by atoms with Crippen molar-refractivity contribution in [2.75, 3.05) is 11.4 Å². The molecule has 1 amide bonds. The molecule has 1 heterocycles. The summed E-state index contributed by atoms with van der Waals surface area (Å²) in [6.07, 6.45) is 4.55. The van der Waals surface area contributed by atoms with Gasteiger partial charge in [0, 0.05) is 28.9 Å². The number of nitrogens with one attached hydrogen (secondary N) is 1. The molecule has 0 fully saturated rings. The highest BCUT2D eigenvalue weighted by molar-refractivity contribution is 5.95. The van der Waals surface area contributed by atoms with E-state index in [0.717, 1.165) is 35.4 Å². The highest BCUT2D eigenvalue weighted by Crippen LogP contribution is 2.39. The minimum absolute atomic E-state index is 0.169. The molecular weight excluding hydrogens is 365 g/mol. The van der Waals surface area contributed by atoms with E-state index in [2.05, 4.69) is 42.3 Å². The smallest absolute Gasteiger partial charge is 0.271 e. The first kappa shape index (κ1) is 20.8. The van der Waals surface area contributed by atoms with E-state index in [9.17, 15) is 9.18 Å². The molecule has 2 aromatic rings. The number of halogens is 1. The van der Waals surface area contributed by atoms with Crippen LogP contribution in [0.5, 0.6) is 0 Å². The quantitative estimate of drug-likeness (QED) is 0.553. The van der Waals surface area contributed by atoms with Gasteiger partial charge in [-0.1, -0.05) is 30.7 Å². The number of aryl methyl sites for hydroxylation is 1. The lowest BCUT2D eigenvalue weighted by Crippen LogP contribution is -2.45. The summed E-state index contributed by atoms with van der Waals surface area (Å²) < 4.78 is 14.8. The molecule has 3 rings (SSSR count). The lowest BCUT2D eigenvalue weighted by Gasteiger charge is -2.43. The minimum Gasteiger partial charge on any atom is -0.362 e. The maximum Gasteiger partial charge on any atom is 0.271 e. The number of amides is 1. The molecule has 0 radical (unpaired) electrons. The number of carbonyl (C=O) groups is 1. The molecule has 0 spiro atoms. The van der Waals surface area contributed by atoms with Gasteiger partial charge in [0.25, 0.3) is 5.91 Å². The predicted molar refractivity (Wildman–Crippen MR) is 118 cm³/mol. The van der Waals surface area contributed by atoms with Gasteiger partial charge < -0.3 is 4.90 Å². The first-order valence-corrected chi connectivity index (χ1v) is 9.94. The Kier molecular flexibility index (Phi) is 5.87. The van der Waals surface area contributed by atoms with Gasteiger partial charge in [-0.05, 0) is 64.0 Å². The van der Waals surface area contributed by atoms with E-state index in [1.807, 2.05) is 26.0 Å². The first-order chi connectivity index (χ1) is 13.7. The van der Waals surface area contributed by atoms with Gasteiger partial charge in [-0.2, -0.15) is 5.10 Å². The number of fused-ring (bicyclic) bond motifs is 1. The van der Waals surface area contributed by atoms with E-state index in [-0.39, 0.29) is 17.3 Å². The van der Waals surface area contributed by atoms with Gasteiger partial charge in [0.2, 0.25) is 0 Å². The Bertz CT molecular complexity index is 974. The standard InChI is InChI=1S/C24H28FN3O/c1-6-11-28-22-13-21(25)19(12-20(22)17(3)14-24(28,4)5)15-26-27-23(29)18-9-7-16(2)8-10-18/h7-10,12-15H,6,11H2,1-5H3,(H,27,29)/b26-15-. The largest absolute Gasteiger partial charge is 0.362 e. The zero-order chi connectivity index (χ0) is 21.2. The van der Waals surface area contributed by atoms with E-state index in [4.69, 9.17) is 0 Å². The van der Waals surface area contributed by atoms with Crippen molar-refractivity contribution in [3.05, 3.63) is 70.5 Å². The van der Waals surface area contributed by atoms with Crippen LogP contribution in [-0.4, -0.2) is 24.2 Å². The van der Waals surface area contributed by atoms with Crippen LogP contribution in [0.15, 0.2) is 47.6 Å². The molecule has 4 nitrogen and oxygen atoms in total. The summed E-state index contributed by atoms with van der Waals surface area (Å²) in [4.78, 5) is 14.4. The molecule has 2 aromatic carbocycles. The average molecular weight is 394 g/mol. The van der Waals surface area contributed by atoms with Crippen molar-refractivity contribution in [2.45, 2.75) is 46.6 Å². The van der Waals surface area contributed by atoms with Crippen LogP contribution in [0, 0.1) is 12.7 Å². The van der Waals surface area contributed by atoms with Crippen LogP contribution < -0.4 is 10.3 Å². The fraction of sp³-hybridized carbons (Fsp3) is 0.333. The number of benzene rings is 2. The van der Waals surface area contributed by atoms with Gasteiger partial charge in [0.15, 0.2) is 0 Å². The van der Waals surface area contributed by atoms with Gasteiger partial charge in [-0.15, -0.1) is 0 Å². The van der Waals surface area contributed by atoms with E-state index < -0.39 is 0 Å². The summed E-state index contributed by atoms with van der Waals surface area (Å²) in [5, 5.41) is 3.96. The first-order valence-electron chi connectivity index (χ1n) is 9.94. The van der Waals surface area contributed by atoms with Crippen molar-refractivity contribution in [3.8, 4) is 0 Å². The molecule has 152 valence electrons. The molecule has 0 bridgehead atoms. The lowest BCUT2D eigenvalue weighted by atomic mass is 9.88. The fourth-order valence-corrected chi connectivity index (χ4v) is 3.78. The molecule has 0 saturated carbocycles. The molecule has 0 aliphatic carbocycles. The highest BCUT2D eigenvalue weighted by Gasteiger charge is 2.31. The van der Waals surface area contributed by atoms with Crippen molar-refractivity contribution in [1.29, 1.82) is 0 Å². The molecule has 1 N–H and O–H groups in total. The predicted octanol–water partition coefficient (Wildman–Crippen LogP) is 5.31. The van der Waals surface area contributed by atoms with Crippen molar-refractivity contribution in [1.82, 2.24) is 5.43 Å². The third-order valence-electron chi connectivity index (χ3n) is 5.23. The van der Waals surface area contributed by atoms with Crippen molar-refractivity contribution < 1.29 is 9.18 Å². The Morgan fingerprint density at radius 2 is 1.90 bits per heavy atom. The Morgan fingerprint density at radius 3 is 2.55 bits per heavy atom. The summed E-state index contributed by atoms with van der Waals surface area (Å²) in [6, 6.07) is 10.6. The Labute approximate surface area is 172 Å². The van der Waals surface area contributed by atoms with E-state index >= 15 is 0 Å². The number of nitrogens with zero attached hydrogens (tertiary/aromatic N) is 2. The van der Waals surface area contributed by atoms with Gasteiger partial charge in [-0.25, -0.2) is 9.82 Å². The van der Waals surface area contributed by atoms with Crippen LogP contribution in [0.4, 0.5) is 10.1 Å². The summed E-state index contributed by atoms with van der Waals surface area (Å²) in [7, 11) is 0. The Morgan fingerprint density at radius 1 is 1.21 bits per heavy atom. The highest BCUT2D eigenvalue weighted by atomic mass is 19.1. The normalized spacial score (nSPS) is 15.2. The maximum atomic E-state index is 14.8. The average Bonchev–Trinajstić information content (AvgIpc) is 2.66. The fourth-order valence-electron chi connectivity index (χ4n) is 3.78. The molecule has 0 aromatic heterocycles. The molecule has 1 aliphatic rings. The molecule has 29 heavy (non-hydrogen) atoms. The van der Waals surface area contributed by atoms with E-state index in [1.54, 1.807) is 24.3 Å². The third-order valence-corrected chi connectivity index (χ3v) is 5.23. The molecule has 0 unspecified atom stereocenters. The lowest BCUT2D eigenvalue weighted by molar-refractivity contribution is 0.0955. The maximum absolute atomic E-state index is 14.8. The second-order valence-electron chi connectivity index (χ2n) is 8.09. The van der Waals surface area contributed by atoms with Crippen LogP contribution in [0.1, 0.15) is 61.2 Å². The number of hydrogen-bond acceptors (Lipinski definition) is 3. The van der Waals surface area contributed by atoms with Gasteiger partial charge >= 0.3 is 0 Å². The molecule has 0 saturated heterocycles. The monoisotopic (exact) mass is 393 g/mol. The number of hydrazone groups is 1. The number of rotatable bonds is 5. The number of allylic oxidation sites excluding steroid dienone is 1. The van der Waals surface area contributed by atoms with Crippen LogP contribution >= 0.6 is 0 Å². The third kappa shape index (κ3) is 4.39. The van der Waals surface area contributed by atoms with Crippen LogP contribution in [0.25, 0.3) is 5.57 Å². The number of hydrogen-bond donors (Lipinski definition) is 1. The van der Waals surface area contributed by atoms with Crippen molar-refractivity contribution in [3.63, 3.8) is 0 Å². The second-order valence-corrected chi connectivity index (χ2v) is 8.09. The zero-order valence-electron chi connectivity index (χ0n) is 17.7. The molecule has 0 atom stereocenters. The summed E-state index contributed by atoms with van der Waals surface area (Å²) in [5.41, 5.74) is 7.22. The Balaban J connectivity index is 1.85. The van der Waals surface area contributed by atoms with Gasteiger partial charge in [0.05, 0.1) is 11.8 Å². The second kappa shape index (κ2) is 8.19.